The van der Waals surface area contributed by atoms with E-state index in [0.29, 0.717) is 0 Å². The molecule has 0 atom stereocenters. The molecule has 0 fully saturated rings. The van der Waals surface area contributed by atoms with Crippen molar-refractivity contribution in [2.75, 3.05) is 0 Å². The first-order chi connectivity index (χ1) is 1.73. The van der Waals surface area contributed by atoms with Gasteiger partial charge < -0.3 is 10.2 Å². The van der Waals surface area contributed by atoms with Crippen LogP contribution in [0.3, 0.4) is 0 Å². The summed E-state index contributed by atoms with van der Waals surface area (Å²) in [7, 11) is 0. The second kappa shape index (κ2) is 15.8. The van der Waals surface area contributed by atoms with Gasteiger partial charge in [0.25, 0.3) is 0 Å². The second-order valence-electron chi connectivity index (χ2n) is 0.283. The zero-order valence-electron chi connectivity index (χ0n) is 2.51. The normalized spacial score (nSPS) is 3.43. The molecule has 0 aliphatic carbocycles. The average Bonchev–Trinajstić information content (AvgIpc) is 0.811. The minimum absolute atomic E-state index is 0. The zero-order chi connectivity index (χ0) is 3.58. The molecule has 7 heavy (non-hydrogen) atoms. The summed E-state index contributed by atoms with van der Waals surface area (Å²) in [4.78, 5) is 8.56. The summed E-state index contributed by atoms with van der Waals surface area (Å²) in [5, 5.41) is 13.9. The molecule has 0 saturated heterocycles. The van der Waals surface area contributed by atoms with Crippen LogP contribution < -0.4 is 0 Å². The fourth-order valence-corrected chi connectivity index (χ4v) is 0. The summed E-state index contributed by atoms with van der Waals surface area (Å²) in [6.45, 7) is 0. The van der Waals surface area contributed by atoms with Crippen LogP contribution in [0.5, 0.6) is 0 Å². The van der Waals surface area contributed by atoms with E-state index in [0.717, 1.165) is 0 Å². The van der Waals surface area contributed by atoms with Crippen LogP contribution in [0.25, 0.3) is 0 Å². The van der Waals surface area contributed by atoms with E-state index in [1.807, 2.05) is 0 Å². The predicted octanol–water partition coefficient (Wildman–Crippen LogP) is -1.61. The van der Waals surface area contributed by atoms with Crippen molar-refractivity contribution in [2.24, 2.45) is 0 Å². The molecular formula is CH6Ca2O3Zn. The van der Waals surface area contributed by atoms with Gasteiger partial charge in [-0.1, -0.05) is 0 Å². The van der Waals surface area contributed by atoms with Crippen LogP contribution in [-0.4, -0.2) is 91.8 Å². The van der Waals surface area contributed by atoms with Gasteiger partial charge in [-0.2, -0.15) is 0 Å². The Morgan fingerprint density at radius 1 is 1.14 bits per heavy atom. The Hall–Kier alpha value is 2.41. The molecule has 6 heteroatoms. The van der Waals surface area contributed by atoms with Crippen molar-refractivity contribution in [3.05, 3.63) is 0 Å². The van der Waals surface area contributed by atoms with Gasteiger partial charge in [0, 0.05) is 19.5 Å². The molecule has 0 spiro atoms. The number of hydrogen-bond donors (Lipinski definition) is 2. The van der Waals surface area contributed by atoms with E-state index in [-0.39, 0.29) is 95.0 Å². The third kappa shape index (κ3) is 59.4. The third-order valence-electron chi connectivity index (χ3n) is 0. The fourth-order valence-electron chi connectivity index (χ4n) is 0. The molecule has 0 bridgehead atoms. The van der Waals surface area contributed by atoms with E-state index < -0.39 is 6.16 Å². The summed E-state index contributed by atoms with van der Waals surface area (Å²) in [5.41, 5.74) is 0. The van der Waals surface area contributed by atoms with Crippen LogP contribution in [0.15, 0.2) is 0 Å². The molecule has 2 N–H and O–H groups in total. The summed E-state index contributed by atoms with van der Waals surface area (Å²) < 4.78 is 0. The van der Waals surface area contributed by atoms with Crippen molar-refractivity contribution in [2.45, 2.75) is 0 Å². The van der Waals surface area contributed by atoms with Gasteiger partial charge in [-0.15, -0.1) is 0 Å². The standard InChI is InChI=1S/CH2O3.2Ca.Zn.4H/c2-1(3)4;;;;;;;/h(H2,2,3,4);;;;;;;. The van der Waals surface area contributed by atoms with Gasteiger partial charge in [-0.05, 0) is 0 Å². The zero-order valence-corrected chi connectivity index (χ0v) is 5.48. The summed E-state index contributed by atoms with van der Waals surface area (Å²) in [6.07, 6.45) is -1.83. The minimum Gasteiger partial charge on any atom is 0 e. The molecule has 34 valence electrons. The Labute approximate surface area is 114 Å². The molecule has 0 heterocycles. The van der Waals surface area contributed by atoms with Gasteiger partial charge in [0.2, 0.25) is 0 Å². The van der Waals surface area contributed by atoms with Crippen LogP contribution in [0.1, 0.15) is 0 Å². The van der Waals surface area contributed by atoms with E-state index in [1.165, 1.54) is 0 Å². The van der Waals surface area contributed by atoms with Crippen LogP contribution in [0.4, 0.5) is 4.79 Å². The van der Waals surface area contributed by atoms with E-state index in [1.54, 1.807) is 0 Å². The van der Waals surface area contributed by atoms with Gasteiger partial charge >= 0.3 is 81.6 Å². The van der Waals surface area contributed by atoms with Crippen molar-refractivity contribution < 1.29 is 34.5 Å². The van der Waals surface area contributed by atoms with Crippen molar-refractivity contribution in [1.82, 2.24) is 0 Å². The molecule has 0 aromatic rings. The summed E-state index contributed by atoms with van der Waals surface area (Å²) in [5.74, 6) is 0. The van der Waals surface area contributed by atoms with E-state index in [2.05, 4.69) is 0 Å². The van der Waals surface area contributed by atoms with E-state index in [4.69, 9.17) is 15.0 Å². The maximum Gasteiger partial charge on any atom is 0 e. The third-order valence-corrected chi connectivity index (χ3v) is 0. The Kier molecular flexibility index (Phi) is 51.3. The fraction of sp³-hybridized carbons (Fsp3) is 0. The summed E-state index contributed by atoms with van der Waals surface area (Å²) >= 11 is 0. The summed E-state index contributed by atoms with van der Waals surface area (Å²) in [6, 6.07) is 0. The number of hydrogen-bond acceptors (Lipinski definition) is 1. The first kappa shape index (κ1) is 22.7. The quantitative estimate of drug-likeness (QED) is 0.474. The first-order valence-electron chi connectivity index (χ1n) is 0.651. The van der Waals surface area contributed by atoms with Gasteiger partial charge in [0.1, 0.15) is 0 Å². The number of rotatable bonds is 0. The SMILES string of the molecule is O=C(O)O.[CaH2].[CaH2].[Zn]. The molecule has 0 radical (unpaired) electrons. The molecule has 0 amide bonds. The van der Waals surface area contributed by atoms with Crippen LogP contribution in [0.2, 0.25) is 0 Å². The molecule has 0 aromatic heterocycles. The molecule has 0 aromatic carbocycles. The monoisotopic (exact) mass is 210 g/mol. The average molecular weight is 212 g/mol. The van der Waals surface area contributed by atoms with Gasteiger partial charge in [-0.3, -0.25) is 0 Å². The maximum absolute atomic E-state index is 8.56. The topological polar surface area (TPSA) is 57.5 Å². The predicted molar refractivity (Wildman–Crippen MR) is 27.7 cm³/mol. The number of carboxylic acid groups (broad SMARTS) is 2. The van der Waals surface area contributed by atoms with Gasteiger partial charge in [0.15, 0.2) is 0 Å². The Morgan fingerprint density at radius 3 is 1.14 bits per heavy atom. The van der Waals surface area contributed by atoms with Gasteiger partial charge in [0.05, 0.1) is 0 Å². The minimum atomic E-state index is -1.83. The van der Waals surface area contributed by atoms with E-state index in [9.17, 15) is 0 Å². The Morgan fingerprint density at radius 2 is 1.14 bits per heavy atom. The van der Waals surface area contributed by atoms with E-state index >= 15 is 0 Å². The van der Waals surface area contributed by atoms with Crippen molar-refractivity contribution in [3.8, 4) is 0 Å². The molecule has 0 aliphatic heterocycles. The molecular weight excluding hydrogens is 206 g/mol. The Balaban J connectivity index is -0.0000000150. The van der Waals surface area contributed by atoms with Crippen molar-refractivity contribution >= 4 is 81.6 Å². The smallest absolute Gasteiger partial charge is 0 e. The van der Waals surface area contributed by atoms with Crippen molar-refractivity contribution in [1.29, 1.82) is 0 Å². The molecule has 0 saturated carbocycles. The van der Waals surface area contributed by atoms with Crippen molar-refractivity contribution in [3.63, 3.8) is 0 Å². The van der Waals surface area contributed by atoms with Crippen LogP contribution in [-0.2, 0) is 19.5 Å². The molecule has 0 unspecified atom stereocenters. The second-order valence-corrected chi connectivity index (χ2v) is 0.283. The molecule has 0 aliphatic rings. The largest absolute Gasteiger partial charge is 0 e. The van der Waals surface area contributed by atoms with Gasteiger partial charge in [-0.25, -0.2) is 4.79 Å². The first-order valence-corrected chi connectivity index (χ1v) is 0.651. The molecule has 0 rings (SSSR count). The maximum atomic E-state index is 8.56. The number of carbonyl (C=O) groups is 1. The van der Waals surface area contributed by atoms with Crippen LogP contribution in [0, 0.1) is 0 Å². The van der Waals surface area contributed by atoms with Crippen LogP contribution >= 0.6 is 0 Å². The Bertz CT molecular complexity index is 35.9. The molecule has 3 nitrogen and oxygen atoms in total.